The zero-order valence-electron chi connectivity index (χ0n) is 17.4. The number of ether oxygens (including phenoxy) is 1. The third-order valence-electron chi connectivity index (χ3n) is 5.00. The minimum Gasteiger partial charge on any atom is -0.493 e. The molecule has 1 aliphatic heterocycles. The molecule has 2 heterocycles. The highest BCUT2D eigenvalue weighted by atomic mass is 32.2. The number of H-pyrrole nitrogens is 1. The summed E-state index contributed by atoms with van der Waals surface area (Å²) < 4.78 is 47.3. The van der Waals surface area contributed by atoms with Crippen LogP contribution in [0.5, 0.6) is 5.75 Å². The van der Waals surface area contributed by atoms with Gasteiger partial charge < -0.3 is 9.72 Å². The van der Waals surface area contributed by atoms with Crippen molar-refractivity contribution in [3.8, 4) is 17.1 Å². The molecular weight excluding hydrogens is 411 g/mol. The summed E-state index contributed by atoms with van der Waals surface area (Å²) in [4.78, 5) is 20.6. The molecule has 30 heavy (non-hydrogen) atoms. The molecule has 1 atom stereocenters. The Hall–Kier alpha value is -2.30. The molecule has 1 saturated heterocycles. The highest BCUT2D eigenvalue weighted by molar-refractivity contribution is 7.89. The molecule has 0 aliphatic carbocycles. The van der Waals surface area contributed by atoms with Crippen LogP contribution in [0.1, 0.15) is 26.0 Å². The second-order valence-electron chi connectivity index (χ2n) is 7.22. The first-order chi connectivity index (χ1) is 14.3. The fourth-order valence-electron chi connectivity index (χ4n) is 3.18. The van der Waals surface area contributed by atoms with Crippen molar-refractivity contribution >= 4 is 10.0 Å². The van der Waals surface area contributed by atoms with Crippen molar-refractivity contribution in [2.24, 2.45) is 0 Å². The number of aromatic amines is 1. The number of sulfonamides is 1. The van der Waals surface area contributed by atoms with Crippen LogP contribution < -0.4 is 10.3 Å². The molecule has 8 nitrogen and oxygen atoms in total. The number of likely N-dealkylation sites (N-methyl/N-ethyl adjacent to an activating group) is 1. The number of benzene rings is 1. The topological polar surface area (TPSA) is 95.6 Å². The zero-order chi connectivity index (χ0) is 21.9. The summed E-state index contributed by atoms with van der Waals surface area (Å²) >= 11 is 0. The number of aromatic nitrogens is 2. The molecule has 1 fully saturated rings. The second-order valence-corrected chi connectivity index (χ2v) is 9.16. The van der Waals surface area contributed by atoms with Crippen molar-refractivity contribution in [3.63, 3.8) is 0 Å². The summed E-state index contributed by atoms with van der Waals surface area (Å²) in [7, 11) is -2.30. The number of alkyl halides is 1. The van der Waals surface area contributed by atoms with Gasteiger partial charge in [0.05, 0.1) is 23.6 Å². The van der Waals surface area contributed by atoms with Gasteiger partial charge in [0, 0.05) is 24.8 Å². The maximum atomic E-state index is 14.1. The van der Waals surface area contributed by atoms with Crippen LogP contribution in [0.3, 0.4) is 0 Å². The average Bonchev–Trinajstić information content (AvgIpc) is 2.73. The molecule has 10 heteroatoms. The van der Waals surface area contributed by atoms with Crippen LogP contribution in [0.25, 0.3) is 11.4 Å². The van der Waals surface area contributed by atoms with Gasteiger partial charge in [0.1, 0.15) is 11.6 Å². The van der Waals surface area contributed by atoms with E-state index in [1.807, 2.05) is 13.8 Å². The number of nitrogens with one attached hydrogen (secondary N) is 1. The summed E-state index contributed by atoms with van der Waals surface area (Å²) in [6.45, 7) is 4.53. The lowest BCUT2D eigenvalue weighted by atomic mass is 10.1. The van der Waals surface area contributed by atoms with Crippen molar-refractivity contribution in [2.45, 2.75) is 37.9 Å². The highest BCUT2D eigenvalue weighted by Crippen LogP contribution is 2.32. The molecule has 0 amide bonds. The van der Waals surface area contributed by atoms with Gasteiger partial charge in [0.25, 0.3) is 5.56 Å². The quantitative estimate of drug-likeness (QED) is 0.665. The van der Waals surface area contributed by atoms with E-state index in [1.165, 1.54) is 23.1 Å². The number of aryl methyl sites for hydroxylation is 1. The van der Waals surface area contributed by atoms with Gasteiger partial charge in [-0.25, -0.2) is 17.8 Å². The Labute approximate surface area is 175 Å². The molecule has 1 N–H and O–H groups in total. The van der Waals surface area contributed by atoms with Crippen molar-refractivity contribution in [3.05, 3.63) is 40.3 Å². The molecule has 3 rings (SSSR count). The number of halogens is 1. The van der Waals surface area contributed by atoms with Gasteiger partial charge in [-0.2, -0.15) is 4.31 Å². The molecule has 0 spiro atoms. The molecule has 2 aromatic rings. The molecular formula is C20H27FN4O4S. The van der Waals surface area contributed by atoms with Crippen LogP contribution in [-0.4, -0.2) is 67.2 Å². The predicted octanol–water partition coefficient (Wildman–Crippen LogP) is 2.02. The maximum Gasteiger partial charge on any atom is 0.251 e. The largest absolute Gasteiger partial charge is 0.493 e. The summed E-state index contributed by atoms with van der Waals surface area (Å²) in [6, 6.07) is 5.84. The summed E-state index contributed by atoms with van der Waals surface area (Å²) in [5.41, 5.74) is 0.636. The van der Waals surface area contributed by atoms with E-state index in [0.717, 1.165) is 10.7 Å². The number of nitrogens with zero attached hydrogens (tertiary/aromatic N) is 3. The molecule has 1 aromatic heterocycles. The van der Waals surface area contributed by atoms with E-state index < -0.39 is 16.3 Å². The van der Waals surface area contributed by atoms with Gasteiger partial charge in [-0.1, -0.05) is 13.8 Å². The van der Waals surface area contributed by atoms with Crippen LogP contribution in [0.15, 0.2) is 34.0 Å². The Morgan fingerprint density at radius 2 is 2.03 bits per heavy atom. The molecule has 1 unspecified atom stereocenters. The summed E-state index contributed by atoms with van der Waals surface area (Å²) in [5, 5.41) is 0. The van der Waals surface area contributed by atoms with Crippen LogP contribution in [0.4, 0.5) is 4.39 Å². The normalized spacial score (nSPS) is 18.5. The smallest absolute Gasteiger partial charge is 0.251 e. The van der Waals surface area contributed by atoms with Crippen LogP contribution in [0.2, 0.25) is 0 Å². The lowest BCUT2D eigenvalue weighted by Crippen LogP contribution is -2.51. The predicted molar refractivity (Wildman–Crippen MR) is 112 cm³/mol. The highest BCUT2D eigenvalue weighted by Gasteiger charge is 2.33. The Morgan fingerprint density at radius 3 is 2.70 bits per heavy atom. The van der Waals surface area contributed by atoms with Crippen molar-refractivity contribution in [1.29, 1.82) is 0 Å². The van der Waals surface area contributed by atoms with Crippen molar-refractivity contribution in [2.75, 3.05) is 33.3 Å². The molecule has 164 valence electrons. The minimum atomic E-state index is -3.92. The van der Waals surface area contributed by atoms with Gasteiger partial charge >= 0.3 is 0 Å². The van der Waals surface area contributed by atoms with Gasteiger partial charge in [-0.05, 0) is 38.1 Å². The summed E-state index contributed by atoms with van der Waals surface area (Å²) in [6.07, 6.45) is -0.0453. The van der Waals surface area contributed by atoms with E-state index in [9.17, 15) is 17.6 Å². The van der Waals surface area contributed by atoms with Gasteiger partial charge in [0.2, 0.25) is 10.0 Å². The third kappa shape index (κ3) is 4.71. The van der Waals surface area contributed by atoms with Crippen molar-refractivity contribution < 1.29 is 17.5 Å². The van der Waals surface area contributed by atoms with Gasteiger partial charge in [-0.3, -0.25) is 9.69 Å². The van der Waals surface area contributed by atoms with Crippen LogP contribution in [0, 0.1) is 0 Å². The molecule has 0 radical (unpaired) electrons. The first-order valence-electron chi connectivity index (χ1n) is 9.98. The van der Waals surface area contributed by atoms with Gasteiger partial charge in [-0.15, -0.1) is 0 Å². The Balaban J connectivity index is 2.07. The van der Waals surface area contributed by atoms with E-state index in [1.54, 1.807) is 13.1 Å². The fraction of sp³-hybridized carbons (Fsp3) is 0.500. The van der Waals surface area contributed by atoms with E-state index in [0.29, 0.717) is 36.6 Å². The zero-order valence-corrected chi connectivity index (χ0v) is 18.2. The van der Waals surface area contributed by atoms with E-state index in [-0.39, 0.29) is 29.4 Å². The van der Waals surface area contributed by atoms with E-state index in [2.05, 4.69) is 9.97 Å². The van der Waals surface area contributed by atoms with Crippen LogP contribution >= 0.6 is 0 Å². The fourth-order valence-corrected chi connectivity index (χ4v) is 4.63. The number of piperazine rings is 1. The third-order valence-corrected chi connectivity index (χ3v) is 6.86. The lowest BCUT2D eigenvalue weighted by molar-refractivity contribution is 0.0505. The van der Waals surface area contributed by atoms with Crippen molar-refractivity contribution in [1.82, 2.24) is 19.2 Å². The maximum absolute atomic E-state index is 14.1. The van der Waals surface area contributed by atoms with Crippen LogP contribution in [-0.2, 0) is 16.4 Å². The second kappa shape index (κ2) is 9.23. The van der Waals surface area contributed by atoms with E-state index in [4.69, 9.17) is 4.74 Å². The Bertz CT molecular complexity index is 1060. The standard InChI is InChI=1S/C20H27FN4O4S/c1-4-10-29-17-7-6-15(30(27,28)25-9-8-24(3)18(21)13-25)12-16(17)20-22-14(5-2)11-19(26)23-20/h6-7,11-12,18H,4-5,8-10,13H2,1-3H3,(H,22,23,26). The average molecular weight is 439 g/mol. The molecule has 0 bridgehead atoms. The first-order valence-corrected chi connectivity index (χ1v) is 11.4. The Kier molecular flexibility index (Phi) is 6.89. The number of hydrogen-bond donors (Lipinski definition) is 1. The lowest BCUT2D eigenvalue weighted by Gasteiger charge is -2.34. The Morgan fingerprint density at radius 1 is 1.27 bits per heavy atom. The monoisotopic (exact) mass is 438 g/mol. The molecule has 1 aliphatic rings. The van der Waals surface area contributed by atoms with E-state index >= 15 is 0 Å². The SMILES string of the molecule is CCCOc1ccc(S(=O)(=O)N2CCN(C)C(F)C2)cc1-c1nc(CC)cc(=O)[nH]1. The minimum absolute atomic E-state index is 0.00246. The molecule has 0 saturated carbocycles. The molecule has 1 aromatic carbocycles. The van der Waals surface area contributed by atoms with Gasteiger partial charge in [0.15, 0.2) is 6.30 Å². The number of rotatable bonds is 7. The number of hydrogen-bond acceptors (Lipinski definition) is 6. The first kappa shape index (κ1) is 22.4. The summed E-state index contributed by atoms with van der Waals surface area (Å²) in [5.74, 6) is 0.665.